The average Bonchev–Trinajstić information content (AvgIpc) is 2.68. The minimum absolute atomic E-state index is 0.0420. The molecule has 0 aromatic carbocycles. The van der Waals surface area contributed by atoms with Gasteiger partial charge in [0.05, 0.1) is 6.04 Å². The van der Waals surface area contributed by atoms with Crippen LogP contribution in [0.2, 0.25) is 0 Å². The zero-order valence-electron chi connectivity index (χ0n) is 10.7. The van der Waals surface area contributed by atoms with E-state index in [9.17, 15) is 0 Å². The third kappa shape index (κ3) is 1.94. The lowest BCUT2D eigenvalue weighted by Crippen LogP contribution is -2.44. The van der Waals surface area contributed by atoms with Crippen LogP contribution in [0.25, 0.3) is 0 Å². The predicted octanol–water partition coefficient (Wildman–Crippen LogP) is 2.54. The van der Waals surface area contributed by atoms with Crippen molar-refractivity contribution in [3.63, 3.8) is 0 Å². The van der Waals surface area contributed by atoms with Crippen molar-refractivity contribution >= 4 is 11.8 Å². The molecule has 3 rings (SSSR count). The molecular weight excluding hydrogens is 232 g/mol. The first-order chi connectivity index (χ1) is 8.05. The van der Waals surface area contributed by atoms with Crippen molar-refractivity contribution in [2.75, 3.05) is 5.43 Å². The van der Waals surface area contributed by atoms with Gasteiger partial charge in [0.25, 0.3) is 0 Å². The fourth-order valence-corrected chi connectivity index (χ4v) is 3.88. The van der Waals surface area contributed by atoms with Gasteiger partial charge in [0.2, 0.25) is 5.16 Å². The quantitative estimate of drug-likeness (QED) is 0.770. The fraction of sp³-hybridized carbons (Fsp3) is 0.833. The summed E-state index contributed by atoms with van der Waals surface area (Å²) < 4.78 is 2.12. The van der Waals surface area contributed by atoms with Crippen molar-refractivity contribution < 1.29 is 0 Å². The smallest absolute Gasteiger partial charge is 0.210 e. The molecule has 1 aliphatic heterocycles. The minimum Gasteiger partial charge on any atom is -0.318 e. The lowest BCUT2D eigenvalue weighted by atomic mass is 9.94. The Morgan fingerprint density at radius 1 is 1.24 bits per heavy atom. The van der Waals surface area contributed by atoms with E-state index in [2.05, 4.69) is 41.1 Å². The van der Waals surface area contributed by atoms with E-state index >= 15 is 0 Å². The van der Waals surface area contributed by atoms with Gasteiger partial charge in [-0.05, 0) is 12.8 Å². The van der Waals surface area contributed by atoms with Gasteiger partial charge in [-0.15, -0.1) is 10.2 Å². The van der Waals surface area contributed by atoms with E-state index in [1.54, 1.807) is 0 Å². The molecule has 2 unspecified atom stereocenters. The van der Waals surface area contributed by atoms with Gasteiger partial charge in [-0.3, -0.25) is 0 Å². The van der Waals surface area contributed by atoms with E-state index in [1.807, 2.05) is 11.8 Å². The highest BCUT2D eigenvalue weighted by atomic mass is 32.2. The van der Waals surface area contributed by atoms with Crippen LogP contribution in [-0.4, -0.2) is 26.2 Å². The van der Waals surface area contributed by atoms with Gasteiger partial charge >= 0.3 is 0 Å². The van der Waals surface area contributed by atoms with Gasteiger partial charge in [0.15, 0.2) is 5.82 Å². The monoisotopic (exact) mass is 252 g/mol. The molecule has 1 aromatic rings. The highest BCUT2D eigenvalue weighted by Gasteiger charge is 2.35. The van der Waals surface area contributed by atoms with Crippen molar-refractivity contribution in [1.82, 2.24) is 14.9 Å². The molecular formula is C12H20N4S. The topological polar surface area (TPSA) is 42.7 Å². The molecule has 0 saturated heterocycles. The number of aromatic nitrogens is 3. The molecule has 1 fully saturated rings. The number of rotatable bonds is 0. The average molecular weight is 252 g/mol. The molecule has 1 saturated carbocycles. The maximum atomic E-state index is 4.36. The van der Waals surface area contributed by atoms with Crippen molar-refractivity contribution in [2.24, 2.45) is 0 Å². The summed E-state index contributed by atoms with van der Waals surface area (Å²) in [7, 11) is 0. The molecule has 2 heterocycles. The summed E-state index contributed by atoms with van der Waals surface area (Å²) in [4.78, 5) is 0. The van der Waals surface area contributed by atoms with E-state index < -0.39 is 0 Å². The van der Waals surface area contributed by atoms with Crippen molar-refractivity contribution in [3.05, 3.63) is 5.82 Å². The standard InChI is InChI=1S/C12H20N4S/c1-12(2,3)10-13-14-11-16(10)15-8-6-4-5-7-9(8)17-11/h8-9,15H,4-7H2,1-3H3. The summed E-state index contributed by atoms with van der Waals surface area (Å²) in [5.41, 5.74) is 3.67. The van der Waals surface area contributed by atoms with Crippen LogP contribution in [0, 0.1) is 0 Å². The first-order valence-electron chi connectivity index (χ1n) is 6.45. The highest BCUT2D eigenvalue weighted by Crippen LogP contribution is 2.38. The third-order valence-electron chi connectivity index (χ3n) is 3.56. The molecule has 5 heteroatoms. The van der Waals surface area contributed by atoms with Crippen LogP contribution in [-0.2, 0) is 5.41 Å². The van der Waals surface area contributed by atoms with E-state index in [0.717, 1.165) is 11.0 Å². The van der Waals surface area contributed by atoms with E-state index in [-0.39, 0.29) is 5.41 Å². The van der Waals surface area contributed by atoms with Crippen molar-refractivity contribution in [2.45, 2.75) is 68.3 Å². The molecule has 2 atom stereocenters. The summed E-state index contributed by atoms with van der Waals surface area (Å²) in [6.07, 6.45) is 5.28. The molecule has 1 N–H and O–H groups in total. The fourth-order valence-electron chi connectivity index (χ4n) is 2.64. The molecule has 1 aliphatic carbocycles. The normalized spacial score (nSPS) is 28.2. The molecule has 4 nitrogen and oxygen atoms in total. The van der Waals surface area contributed by atoms with Gasteiger partial charge in [-0.25, -0.2) is 4.68 Å². The largest absolute Gasteiger partial charge is 0.318 e. The van der Waals surface area contributed by atoms with Crippen LogP contribution < -0.4 is 5.43 Å². The van der Waals surface area contributed by atoms with Gasteiger partial charge in [-0.1, -0.05) is 45.4 Å². The van der Waals surface area contributed by atoms with Gasteiger partial charge in [-0.2, -0.15) is 0 Å². The highest BCUT2D eigenvalue weighted by molar-refractivity contribution is 7.99. The Bertz CT molecular complexity index is 421. The van der Waals surface area contributed by atoms with E-state index in [4.69, 9.17) is 0 Å². The summed E-state index contributed by atoms with van der Waals surface area (Å²) in [6, 6.07) is 0.596. The molecule has 0 spiro atoms. The maximum Gasteiger partial charge on any atom is 0.210 e. The zero-order chi connectivity index (χ0) is 12.0. The number of hydrogen-bond donors (Lipinski definition) is 1. The Kier molecular flexibility index (Phi) is 2.61. The lowest BCUT2D eigenvalue weighted by molar-refractivity contribution is 0.415. The number of nitrogens with zero attached hydrogens (tertiary/aromatic N) is 3. The SMILES string of the molecule is CC(C)(C)c1nnc2n1NC1CCCCC1S2. The van der Waals surface area contributed by atoms with Gasteiger partial charge < -0.3 is 5.43 Å². The lowest BCUT2D eigenvalue weighted by Gasteiger charge is -2.37. The summed E-state index contributed by atoms with van der Waals surface area (Å²) >= 11 is 1.90. The van der Waals surface area contributed by atoms with Crippen LogP contribution >= 0.6 is 11.8 Å². The van der Waals surface area contributed by atoms with Crippen LogP contribution in [0.3, 0.4) is 0 Å². The second kappa shape index (κ2) is 3.90. The summed E-state index contributed by atoms with van der Waals surface area (Å²) in [5.74, 6) is 1.05. The summed E-state index contributed by atoms with van der Waals surface area (Å²) in [5, 5.41) is 10.4. The maximum absolute atomic E-state index is 4.36. The number of hydrogen-bond acceptors (Lipinski definition) is 4. The molecule has 0 radical (unpaired) electrons. The van der Waals surface area contributed by atoms with Gasteiger partial charge in [0, 0.05) is 10.7 Å². The Morgan fingerprint density at radius 3 is 2.76 bits per heavy atom. The predicted molar refractivity (Wildman–Crippen MR) is 70.0 cm³/mol. The summed E-state index contributed by atoms with van der Waals surface area (Å²) in [6.45, 7) is 6.55. The van der Waals surface area contributed by atoms with E-state index in [1.165, 1.54) is 25.7 Å². The number of thioether (sulfide) groups is 1. The Hall–Kier alpha value is -0.710. The first-order valence-corrected chi connectivity index (χ1v) is 7.33. The molecule has 0 bridgehead atoms. The van der Waals surface area contributed by atoms with E-state index in [0.29, 0.717) is 11.3 Å². The number of nitrogens with one attached hydrogen (secondary N) is 1. The minimum atomic E-state index is 0.0420. The van der Waals surface area contributed by atoms with Crippen LogP contribution in [0.4, 0.5) is 0 Å². The first kappa shape index (κ1) is 11.4. The second-order valence-electron chi connectivity index (χ2n) is 6.07. The Balaban J connectivity index is 1.94. The molecule has 0 amide bonds. The van der Waals surface area contributed by atoms with Gasteiger partial charge in [0.1, 0.15) is 0 Å². The van der Waals surface area contributed by atoms with Crippen LogP contribution in [0.5, 0.6) is 0 Å². The molecule has 2 aliphatic rings. The van der Waals surface area contributed by atoms with Crippen molar-refractivity contribution in [3.8, 4) is 0 Å². The second-order valence-corrected chi connectivity index (χ2v) is 7.27. The van der Waals surface area contributed by atoms with Crippen LogP contribution in [0.15, 0.2) is 5.16 Å². The third-order valence-corrected chi connectivity index (χ3v) is 4.90. The molecule has 17 heavy (non-hydrogen) atoms. The van der Waals surface area contributed by atoms with Crippen LogP contribution in [0.1, 0.15) is 52.3 Å². The number of fused-ring (bicyclic) bond motifs is 2. The molecule has 94 valence electrons. The van der Waals surface area contributed by atoms with Crippen molar-refractivity contribution in [1.29, 1.82) is 0 Å². The zero-order valence-corrected chi connectivity index (χ0v) is 11.5. The molecule has 1 aromatic heterocycles. The Labute approximate surface area is 107 Å². The Morgan fingerprint density at radius 2 is 2.00 bits per heavy atom.